The molecule has 0 amide bonds. The van der Waals surface area contributed by atoms with Crippen LogP contribution in [0.25, 0.3) is 0 Å². The lowest BCUT2D eigenvalue weighted by molar-refractivity contribution is 0.472. The maximum absolute atomic E-state index is 9.03. The molecule has 4 heteroatoms. The number of halogens is 2. The molecular formula is C6H5ClINO. The molecule has 0 aliphatic carbocycles. The highest BCUT2D eigenvalue weighted by atomic mass is 127. The van der Waals surface area contributed by atoms with E-state index in [1.54, 1.807) is 6.07 Å². The lowest BCUT2D eigenvalue weighted by Crippen LogP contribution is -1.86. The Morgan fingerprint density at radius 2 is 2.30 bits per heavy atom. The van der Waals surface area contributed by atoms with Crippen LogP contribution < -0.4 is 0 Å². The average Bonchev–Trinajstić information content (AvgIpc) is 1.84. The van der Waals surface area contributed by atoms with Crippen molar-refractivity contribution in [1.82, 2.24) is 4.98 Å². The summed E-state index contributed by atoms with van der Waals surface area (Å²) in [7, 11) is 0. The first kappa shape index (κ1) is 8.07. The molecule has 0 aliphatic rings. The zero-order chi connectivity index (χ0) is 7.72. The number of nitrogens with zero attached hydrogens (tertiary/aromatic N) is 1. The second-order valence-corrected chi connectivity index (χ2v) is 3.29. The van der Waals surface area contributed by atoms with Crippen LogP contribution in [0, 0.1) is 10.6 Å². The highest BCUT2D eigenvalue weighted by molar-refractivity contribution is 14.1. The van der Waals surface area contributed by atoms with E-state index in [2.05, 4.69) is 27.6 Å². The molecular weight excluding hydrogens is 264 g/mol. The number of hydrogen-bond acceptors (Lipinski definition) is 2. The molecule has 0 fully saturated rings. The van der Waals surface area contributed by atoms with Crippen LogP contribution in [-0.4, -0.2) is 10.1 Å². The first-order valence-electron chi connectivity index (χ1n) is 2.63. The zero-order valence-electron chi connectivity index (χ0n) is 5.23. The fraction of sp³-hybridized carbons (Fsp3) is 0.167. The van der Waals surface area contributed by atoms with Gasteiger partial charge in [0, 0.05) is 0 Å². The monoisotopic (exact) mass is 269 g/mol. The normalized spacial score (nSPS) is 9.90. The van der Waals surface area contributed by atoms with Crippen molar-refractivity contribution in [2.24, 2.45) is 0 Å². The van der Waals surface area contributed by atoms with Gasteiger partial charge in [0.05, 0.1) is 0 Å². The maximum Gasteiger partial charge on any atom is 0.171 e. The van der Waals surface area contributed by atoms with Crippen LogP contribution in [0.1, 0.15) is 5.56 Å². The van der Waals surface area contributed by atoms with Gasteiger partial charge in [-0.05, 0) is 41.1 Å². The summed E-state index contributed by atoms with van der Waals surface area (Å²) in [6, 6.07) is 1.59. The van der Waals surface area contributed by atoms with Crippen molar-refractivity contribution in [3.8, 4) is 5.75 Å². The summed E-state index contributed by atoms with van der Waals surface area (Å²) in [5.41, 5.74) is 0.933. The molecule has 0 unspecified atom stereocenters. The van der Waals surface area contributed by atoms with E-state index in [4.69, 9.17) is 16.7 Å². The molecule has 1 heterocycles. The summed E-state index contributed by atoms with van der Waals surface area (Å²) >= 11 is 7.58. The van der Waals surface area contributed by atoms with E-state index in [0.717, 1.165) is 9.26 Å². The number of aromatic hydroxyl groups is 1. The van der Waals surface area contributed by atoms with Crippen molar-refractivity contribution >= 4 is 34.2 Å². The standard InChI is InChI=1S/C6H5ClINO/c1-3-2-4(10)5(7)9-6(3)8/h2,10H,1H3. The molecule has 0 bridgehead atoms. The van der Waals surface area contributed by atoms with Gasteiger partial charge in [-0.15, -0.1) is 0 Å². The van der Waals surface area contributed by atoms with E-state index in [9.17, 15) is 0 Å². The first-order valence-corrected chi connectivity index (χ1v) is 4.08. The SMILES string of the molecule is Cc1cc(O)c(Cl)nc1I. The fourth-order valence-corrected chi connectivity index (χ4v) is 1.23. The van der Waals surface area contributed by atoms with Crippen LogP contribution in [0.5, 0.6) is 5.75 Å². The number of aromatic nitrogens is 1. The van der Waals surface area contributed by atoms with Crippen molar-refractivity contribution in [3.05, 3.63) is 20.5 Å². The molecule has 1 aromatic heterocycles. The quantitative estimate of drug-likeness (QED) is 0.579. The number of hydrogen-bond donors (Lipinski definition) is 1. The summed E-state index contributed by atoms with van der Waals surface area (Å²) in [6.45, 7) is 1.87. The predicted molar refractivity (Wildman–Crippen MR) is 48.4 cm³/mol. The van der Waals surface area contributed by atoms with E-state index in [1.165, 1.54) is 0 Å². The van der Waals surface area contributed by atoms with Crippen molar-refractivity contribution in [2.45, 2.75) is 6.92 Å². The van der Waals surface area contributed by atoms with Crippen molar-refractivity contribution < 1.29 is 5.11 Å². The zero-order valence-corrected chi connectivity index (χ0v) is 8.14. The van der Waals surface area contributed by atoms with Gasteiger partial charge in [-0.2, -0.15) is 0 Å². The van der Waals surface area contributed by atoms with E-state index in [0.29, 0.717) is 0 Å². The minimum Gasteiger partial charge on any atom is -0.505 e. The van der Waals surface area contributed by atoms with E-state index >= 15 is 0 Å². The van der Waals surface area contributed by atoms with Crippen LogP contribution in [-0.2, 0) is 0 Å². The van der Waals surface area contributed by atoms with Gasteiger partial charge >= 0.3 is 0 Å². The highest BCUT2D eigenvalue weighted by Gasteiger charge is 2.02. The van der Waals surface area contributed by atoms with Gasteiger partial charge in [-0.25, -0.2) is 4.98 Å². The molecule has 0 aliphatic heterocycles. The number of rotatable bonds is 0. The van der Waals surface area contributed by atoms with Crippen LogP contribution in [0.2, 0.25) is 5.15 Å². The Balaban J connectivity index is 3.28. The van der Waals surface area contributed by atoms with Gasteiger partial charge in [0.25, 0.3) is 0 Å². The third kappa shape index (κ3) is 1.52. The third-order valence-corrected chi connectivity index (χ3v) is 2.46. The molecule has 0 saturated heterocycles. The lowest BCUT2D eigenvalue weighted by Gasteiger charge is -1.98. The topological polar surface area (TPSA) is 33.1 Å². The van der Waals surface area contributed by atoms with E-state index in [-0.39, 0.29) is 10.9 Å². The lowest BCUT2D eigenvalue weighted by atomic mass is 10.3. The summed E-state index contributed by atoms with van der Waals surface area (Å²) in [4.78, 5) is 3.87. The minimum atomic E-state index is 0.0413. The van der Waals surface area contributed by atoms with Gasteiger partial charge in [-0.1, -0.05) is 11.6 Å². The second kappa shape index (κ2) is 2.92. The first-order chi connectivity index (χ1) is 4.61. The largest absolute Gasteiger partial charge is 0.505 e. The molecule has 2 nitrogen and oxygen atoms in total. The van der Waals surface area contributed by atoms with E-state index < -0.39 is 0 Å². The Morgan fingerprint density at radius 3 is 2.80 bits per heavy atom. The minimum absolute atomic E-state index is 0.0413. The summed E-state index contributed by atoms with van der Waals surface area (Å²) in [5, 5.41) is 9.19. The van der Waals surface area contributed by atoms with Crippen molar-refractivity contribution in [2.75, 3.05) is 0 Å². The van der Waals surface area contributed by atoms with E-state index in [1.807, 2.05) is 6.92 Å². The van der Waals surface area contributed by atoms with Gasteiger partial charge in [0.1, 0.15) is 3.70 Å². The molecule has 54 valence electrons. The number of pyridine rings is 1. The Bertz CT molecular complexity index is 214. The number of aryl methyl sites for hydroxylation is 1. The Morgan fingerprint density at radius 1 is 1.70 bits per heavy atom. The molecule has 0 aromatic carbocycles. The average molecular weight is 269 g/mol. The molecule has 0 radical (unpaired) electrons. The van der Waals surface area contributed by atoms with Crippen molar-refractivity contribution in [1.29, 1.82) is 0 Å². The molecule has 10 heavy (non-hydrogen) atoms. The van der Waals surface area contributed by atoms with Gasteiger partial charge in [0.15, 0.2) is 10.9 Å². The maximum atomic E-state index is 9.03. The van der Waals surface area contributed by atoms with Gasteiger partial charge in [0.2, 0.25) is 0 Å². The highest BCUT2D eigenvalue weighted by Crippen LogP contribution is 2.23. The third-order valence-electron chi connectivity index (χ3n) is 1.09. The van der Waals surface area contributed by atoms with Crippen LogP contribution in [0.4, 0.5) is 0 Å². The molecule has 0 saturated carbocycles. The van der Waals surface area contributed by atoms with Gasteiger partial charge < -0.3 is 5.11 Å². The van der Waals surface area contributed by atoms with Crippen LogP contribution >= 0.6 is 34.2 Å². The Hall–Kier alpha value is -0.0300. The fourth-order valence-electron chi connectivity index (χ4n) is 0.556. The Labute approximate surface area is 77.4 Å². The van der Waals surface area contributed by atoms with Crippen LogP contribution in [0.15, 0.2) is 6.07 Å². The molecule has 0 spiro atoms. The molecule has 1 rings (SSSR count). The molecule has 1 aromatic rings. The summed E-state index contributed by atoms with van der Waals surface area (Å²) in [5.74, 6) is 0.0413. The molecule has 1 N–H and O–H groups in total. The Kier molecular flexibility index (Phi) is 2.36. The van der Waals surface area contributed by atoms with Crippen molar-refractivity contribution in [3.63, 3.8) is 0 Å². The predicted octanol–water partition coefficient (Wildman–Crippen LogP) is 2.35. The summed E-state index contributed by atoms with van der Waals surface area (Å²) < 4.78 is 0.820. The second-order valence-electron chi connectivity index (χ2n) is 1.91. The van der Waals surface area contributed by atoms with Crippen LogP contribution in [0.3, 0.4) is 0 Å². The molecule has 0 atom stereocenters. The smallest absolute Gasteiger partial charge is 0.171 e. The van der Waals surface area contributed by atoms with Gasteiger partial charge in [-0.3, -0.25) is 0 Å². The summed E-state index contributed by atoms with van der Waals surface area (Å²) in [6.07, 6.45) is 0.